The van der Waals surface area contributed by atoms with Gasteiger partial charge in [-0.1, -0.05) is 73.7 Å². The first kappa shape index (κ1) is 23.3. The van der Waals surface area contributed by atoms with Gasteiger partial charge in [-0.25, -0.2) is 0 Å². The molecule has 0 N–H and O–H groups in total. The third-order valence-corrected chi connectivity index (χ3v) is 7.06. The Hall–Kier alpha value is -1.87. The highest BCUT2D eigenvalue weighted by atomic mass is 32.2. The van der Waals surface area contributed by atoms with Crippen LogP contribution in [0.5, 0.6) is 0 Å². The van der Waals surface area contributed by atoms with Crippen LogP contribution < -0.4 is 0 Å². The lowest BCUT2D eigenvalue weighted by molar-refractivity contribution is -0.328. The summed E-state index contributed by atoms with van der Waals surface area (Å²) in [6.07, 6.45) is -0.739. The van der Waals surface area contributed by atoms with Crippen LogP contribution in [0.2, 0.25) is 0 Å². The van der Waals surface area contributed by atoms with E-state index in [1.165, 1.54) is 0 Å². The van der Waals surface area contributed by atoms with Crippen molar-refractivity contribution in [2.24, 2.45) is 0 Å². The van der Waals surface area contributed by atoms with Gasteiger partial charge in [0.1, 0.15) is 24.4 Å². The van der Waals surface area contributed by atoms with Crippen LogP contribution in [0.4, 0.5) is 0 Å². The van der Waals surface area contributed by atoms with Crippen LogP contribution in [-0.2, 0) is 41.1 Å². The van der Waals surface area contributed by atoms with E-state index in [1.807, 2.05) is 67.6 Å². The largest absolute Gasteiger partial charge is 0.368 e. The van der Waals surface area contributed by atoms with Crippen LogP contribution in [0.3, 0.4) is 0 Å². The Balaban J connectivity index is 1.61. The second kappa shape index (κ2) is 11.3. The number of hydrogen-bond donors (Lipinski definition) is 0. The number of hydrogen-bond acceptors (Lipinski definition) is 6. The summed E-state index contributed by atoms with van der Waals surface area (Å²) in [6.45, 7) is 6.63. The molecule has 172 valence electrons. The zero-order valence-electron chi connectivity index (χ0n) is 18.2. The van der Waals surface area contributed by atoms with Gasteiger partial charge in [0.05, 0.1) is 30.6 Å². The lowest BCUT2D eigenvalue weighted by atomic mass is 9.98. The molecule has 2 unspecified atom stereocenters. The van der Waals surface area contributed by atoms with Gasteiger partial charge in [0, 0.05) is 11.3 Å². The van der Waals surface area contributed by atoms with E-state index in [-0.39, 0.29) is 0 Å². The number of ether oxygens (including phenoxy) is 5. The van der Waals surface area contributed by atoms with Crippen molar-refractivity contribution < 1.29 is 27.9 Å². The number of benzene rings is 2. The van der Waals surface area contributed by atoms with Crippen molar-refractivity contribution in [2.45, 2.75) is 49.7 Å². The Labute approximate surface area is 191 Å². The van der Waals surface area contributed by atoms with Crippen LogP contribution in [-0.4, -0.2) is 53.0 Å². The summed E-state index contributed by atoms with van der Waals surface area (Å²) in [5.41, 5.74) is 1.33. The molecule has 2 aliphatic heterocycles. The van der Waals surface area contributed by atoms with Crippen molar-refractivity contribution >= 4 is 10.8 Å². The monoisotopic (exact) mass is 458 g/mol. The second-order valence-electron chi connectivity index (χ2n) is 7.74. The summed E-state index contributed by atoms with van der Waals surface area (Å²) in [6, 6.07) is 19.7. The maximum Gasteiger partial charge on any atom is 0.184 e. The van der Waals surface area contributed by atoms with Crippen molar-refractivity contribution in [2.75, 3.05) is 19.0 Å². The molecule has 7 heteroatoms. The maximum atomic E-state index is 12.9. The quantitative estimate of drug-likeness (QED) is 0.534. The molecule has 7 atom stereocenters. The lowest BCUT2D eigenvalue weighted by Crippen LogP contribution is -2.64. The summed E-state index contributed by atoms with van der Waals surface area (Å²) in [5, 5.41) is 0. The molecule has 0 radical (unpaired) electrons. The fraction of sp³-hybridized carbons (Fsp3) is 0.440. The Kier molecular flexibility index (Phi) is 8.24. The van der Waals surface area contributed by atoms with Gasteiger partial charge in [-0.15, -0.1) is 6.58 Å². The summed E-state index contributed by atoms with van der Waals surface area (Å²) in [7, 11) is -1.25. The molecule has 0 aliphatic carbocycles. The average molecular weight is 459 g/mol. The molecular formula is C25H30O6S. The van der Waals surface area contributed by atoms with Crippen molar-refractivity contribution in [1.82, 2.24) is 0 Å². The van der Waals surface area contributed by atoms with Gasteiger partial charge in [0.2, 0.25) is 0 Å². The SMILES string of the molecule is C=CCO[C@@H]1C(S(=O)CC)O[C@@H]2CO[C@@H](c3ccccc3)O[C@H]2[C@@H]1OCc1ccccc1. The standard InChI is InChI=1S/C25H30O6S/c1-3-15-27-23-22(28-16-18-11-7-5-8-12-18)21-20(30-25(23)32(26)4-2)17-29-24(31-21)19-13-9-6-10-14-19/h3,5-14,20-25H,1,4,15-17H2,2H3/t20-,21-,22+,23+,24-,25?,32?/m1/s1. The minimum atomic E-state index is -1.25. The van der Waals surface area contributed by atoms with Gasteiger partial charge in [-0.2, -0.15) is 0 Å². The van der Waals surface area contributed by atoms with Crippen LogP contribution in [0, 0.1) is 0 Å². The highest BCUT2D eigenvalue weighted by molar-refractivity contribution is 7.85. The molecule has 6 nitrogen and oxygen atoms in total. The van der Waals surface area contributed by atoms with Crippen LogP contribution in [0.25, 0.3) is 0 Å². The van der Waals surface area contributed by atoms with Crippen molar-refractivity contribution in [3.63, 3.8) is 0 Å². The minimum absolute atomic E-state index is 0.298. The highest BCUT2D eigenvalue weighted by Crippen LogP contribution is 2.37. The van der Waals surface area contributed by atoms with E-state index < -0.39 is 46.9 Å². The van der Waals surface area contributed by atoms with Gasteiger partial charge in [-0.3, -0.25) is 4.21 Å². The first-order valence-electron chi connectivity index (χ1n) is 10.9. The van der Waals surface area contributed by atoms with Gasteiger partial charge >= 0.3 is 0 Å². The van der Waals surface area contributed by atoms with E-state index in [4.69, 9.17) is 23.7 Å². The lowest BCUT2D eigenvalue weighted by Gasteiger charge is -2.48. The van der Waals surface area contributed by atoms with E-state index in [0.717, 1.165) is 11.1 Å². The first-order valence-corrected chi connectivity index (χ1v) is 12.3. The van der Waals surface area contributed by atoms with E-state index in [1.54, 1.807) is 6.08 Å². The molecule has 4 rings (SSSR count). The molecule has 0 amide bonds. The second-order valence-corrected chi connectivity index (χ2v) is 9.54. The van der Waals surface area contributed by atoms with Crippen molar-refractivity contribution in [3.05, 3.63) is 84.4 Å². The molecule has 2 aromatic rings. The molecule has 2 heterocycles. The minimum Gasteiger partial charge on any atom is -0.368 e. The third-order valence-electron chi connectivity index (χ3n) is 5.59. The molecule has 2 aromatic carbocycles. The van der Waals surface area contributed by atoms with Gasteiger partial charge in [0.25, 0.3) is 0 Å². The fourth-order valence-corrected chi connectivity index (χ4v) is 5.14. The Morgan fingerprint density at radius 2 is 1.75 bits per heavy atom. The smallest absolute Gasteiger partial charge is 0.184 e. The molecule has 32 heavy (non-hydrogen) atoms. The Bertz CT molecular complexity index is 877. The van der Waals surface area contributed by atoms with Gasteiger partial charge < -0.3 is 23.7 Å². The fourth-order valence-electron chi connectivity index (χ4n) is 4.01. The highest BCUT2D eigenvalue weighted by Gasteiger charge is 2.52. The van der Waals surface area contributed by atoms with E-state index >= 15 is 0 Å². The van der Waals surface area contributed by atoms with Crippen LogP contribution in [0.1, 0.15) is 24.3 Å². The molecule has 2 aliphatic rings. The normalized spacial score (nSPS) is 30.9. The maximum absolute atomic E-state index is 12.9. The zero-order valence-corrected chi connectivity index (χ0v) is 19.0. The molecule has 0 bridgehead atoms. The summed E-state index contributed by atoms with van der Waals surface area (Å²) < 4.78 is 43.9. The summed E-state index contributed by atoms with van der Waals surface area (Å²) >= 11 is 0. The zero-order chi connectivity index (χ0) is 22.3. The van der Waals surface area contributed by atoms with Crippen molar-refractivity contribution in [3.8, 4) is 0 Å². The van der Waals surface area contributed by atoms with Crippen LogP contribution in [0.15, 0.2) is 73.3 Å². The van der Waals surface area contributed by atoms with Crippen LogP contribution >= 0.6 is 0 Å². The molecule has 0 saturated carbocycles. The molecule has 0 aromatic heterocycles. The third kappa shape index (κ3) is 5.36. The van der Waals surface area contributed by atoms with E-state index in [9.17, 15) is 4.21 Å². The molecular weight excluding hydrogens is 428 g/mol. The predicted octanol–water partition coefficient (Wildman–Crippen LogP) is 3.75. The van der Waals surface area contributed by atoms with Gasteiger partial charge in [0.15, 0.2) is 11.7 Å². The first-order chi connectivity index (χ1) is 15.7. The summed E-state index contributed by atoms with van der Waals surface area (Å²) in [5.74, 6) is 0.454. The Morgan fingerprint density at radius 3 is 2.44 bits per heavy atom. The number of fused-ring (bicyclic) bond motifs is 1. The predicted molar refractivity (Wildman–Crippen MR) is 122 cm³/mol. The van der Waals surface area contributed by atoms with E-state index in [2.05, 4.69) is 6.58 Å². The van der Waals surface area contributed by atoms with E-state index in [0.29, 0.717) is 25.6 Å². The van der Waals surface area contributed by atoms with Crippen molar-refractivity contribution in [1.29, 1.82) is 0 Å². The average Bonchev–Trinajstić information content (AvgIpc) is 2.86. The molecule has 2 saturated heterocycles. The molecule has 0 spiro atoms. The molecule has 2 fully saturated rings. The Morgan fingerprint density at radius 1 is 1.03 bits per heavy atom. The van der Waals surface area contributed by atoms with Gasteiger partial charge in [-0.05, 0) is 5.56 Å². The summed E-state index contributed by atoms with van der Waals surface area (Å²) in [4.78, 5) is 0. The topological polar surface area (TPSA) is 63.2 Å². The number of rotatable bonds is 9.